The maximum absolute atomic E-state index is 10.8. The number of hydrazone groups is 1. The van der Waals surface area contributed by atoms with E-state index >= 15 is 0 Å². The molecule has 172 valence electrons. The highest BCUT2D eigenvalue weighted by molar-refractivity contribution is 5.80. The molecule has 1 unspecified atom stereocenters. The van der Waals surface area contributed by atoms with Crippen molar-refractivity contribution in [2.45, 2.75) is 19.5 Å². The van der Waals surface area contributed by atoms with Crippen molar-refractivity contribution in [2.75, 3.05) is 32.7 Å². The van der Waals surface area contributed by atoms with Crippen LogP contribution in [0, 0.1) is 0 Å². The summed E-state index contributed by atoms with van der Waals surface area (Å²) in [4.78, 5) is 19.1. The van der Waals surface area contributed by atoms with Gasteiger partial charge in [-0.05, 0) is 30.2 Å². The Morgan fingerprint density at radius 3 is 2.55 bits per heavy atom. The molecule has 0 amide bonds. The second kappa shape index (κ2) is 10.8. The van der Waals surface area contributed by atoms with Crippen molar-refractivity contribution < 1.29 is 14.4 Å². The summed E-state index contributed by atoms with van der Waals surface area (Å²) in [6.07, 6.45) is 5.33. The summed E-state index contributed by atoms with van der Waals surface area (Å²) in [5, 5.41) is 17.5. The van der Waals surface area contributed by atoms with Gasteiger partial charge in [-0.2, -0.15) is 5.10 Å². The topological polar surface area (TPSA) is 107 Å². The number of carbonyl (C=O) groups is 1. The maximum Gasteiger partial charge on any atom is 0.317 e. The molecule has 33 heavy (non-hydrogen) atoms. The Kier molecular flexibility index (Phi) is 7.43. The van der Waals surface area contributed by atoms with E-state index in [-0.39, 0.29) is 12.6 Å². The first kappa shape index (κ1) is 22.6. The number of pyridine rings is 1. The third kappa shape index (κ3) is 6.47. The summed E-state index contributed by atoms with van der Waals surface area (Å²) in [5.41, 5.74) is 7.01. The lowest BCUT2D eigenvalue weighted by Gasteiger charge is -2.33. The van der Waals surface area contributed by atoms with Crippen molar-refractivity contribution in [1.82, 2.24) is 25.4 Å². The minimum Gasteiger partial charge on any atom is -0.480 e. The number of hydrogen-bond acceptors (Lipinski definition) is 8. The second-order valence-electron chi connectivity index (χ2n) is 8.14. The summed E-state index contributed by atoms with van der Waals surface area (Å²) in [5.74, 6) is 0.0213. The van der Waals surface area contributed by atoms with E-state index < -0.39 is 5.97 Å². The van der Waals surface area contributed by atoms with Crippen molar-refractivity contribution in [3.63, 3.8) is 0 Å². The van der Waals surface area contributed by atoms with Gasteiger partial charge in [0.25, 0.3) is 0 Å². The number of benzene rings is 1. The Balaban J connectivity index is 1.28. The highest BCUT2D eigenvalue weighted by atomic mass is 16.5. The molecular weight excluding hydrogens is 420 g/mol. The minimum atomic E-state index is -0.781. The number of nitrogens with zero attached hydrogens (tertiary/aromatic N) is 5. The number of carboxylic acid groups (broad SMARTS) is 1. The van der Waals surface area contributed by atoms with Gasteiger partial charge in [0.1, 0.15) is 5.69 Å². The fraction of sp³-hybridized carbons (Fsp3) is 0.333. The summed E-state index contributed by atoms with van der Waals surface area (Å²) in [6, 6.07) is 14.0. The Bertz CT molecular complexity index is 1060. The van der Waals surface area contributed by atoms with E-state index in [1.165, 1.54) is 0 Å². The molecule has 1 fully saturated rings. The quantitative estimate of drug-likeness (QED) is 0.380. The SMILES string of the molecule is CC(NN=Cc1ccc(-c2cc(CN3CCN(CC(=O)O)CC3)on2)cc1)c1ccncc1. The zero-order valence-corrected chi connectivity index (χ0v) is 18.6. The number of aliphatic carboxylic acids is 1. The molecule has 1 aliphatic heterocycles. The molecule has 0 saturated carbocycles. The molecule has 4 rings (SSSR count). The normalized spacial score (nSPS) is 16.2. The average Bonchev–Trinajstić information content (AvgIpc) is 3.29. The van der Waals surface area contributed by atoms with Crippen molar-refractivity contribution >= 4 is 12.2 Å². The number of carboxylic acids is 1. The summed E-state index contributed by atoms with van der Waals surface area (Å²) in [7, 11) is 0. The first-order valence-corrected chi connectivity index (χ1v) is 11.0. The molecule has 1 aromatic carbocycles. The van der Waals surface area contributed by atoms with Crippen LogP contribution in [0.4, 0.5) is 0 Å². The third-order valence-corrected chi connectivity index (χ3v) is 5.66. The van der Waals surface area contributed by atoms with Crippen LogP contribution in [0.3, 0.4) is 0 Å². The number of nitrogens with one attached hydrogen (secondary N) is 1. The summed E-state index contributed by atoms with van der Waals surface area (Å²) >= 11 is 0. The van der Waals surface area contributed by atoms with E-state index in [4.69, 9.17) is 9.63 Å². The van der Waals surface area contributed by atoms with E-state index in [1.54, 1.807) is 18.6 Å². The molecule has 1 aliphatic rings. The van der Waals surface area contributed by atoms with E-state index in [2.05, 4.69) is 25.6 Å². The van der Waals surface area contributed by atoms with Gasteiger partial charge in [0, 0.05) is 50.2 Å². The van der Waals surface area contributed by atoms with Crippen molar-refractivity contribution in [2.24, 2.45) is 5.10 Å². The third-order valence-electron chi connectivity index (χ3n) is 5.66. The van der Waals surface area contributed by atoms with Gasteiger partial charge < -0.3 is 15.1 Å². The van der Waals surface area contributed by atoms with E-state index in [0.29, 0.717) is 6.54 Å². The standard InChI is InChI=1S/C24H28N6O3/c1-18(20-6-8-25-9-7-20)27-26-15-19-2-4-21(5-3-19)23-14-22(33-28-23)16-29-10-12-30(13-11-29)17-24(31)32/h2-9,14-15,18,27H,10-13,16-17H2,1H3,(H,31,32). The molecule has 0 aliphatic carbocycles. The lowest BCUT2D eigenvalue weighted by Crippen LogP contribution is -2.47. The van der Waals surface area contributed by atoms with Gasteiger partial charge in [-0.1, -0.05) is 29.4 Å². The van der Waals surface area contributed by atoms with Gasteiger partial charge in [0.05, 0.1) is 25.3 Å². The first-order chi connectivity index (χ1) is 16.1. The highest BCUT2D eigenvalue weighted by Gasteiger charge is 2.20. The first-order valence-electron chi connectivity index (χ1n) is 11.0. The Morgan fingerprint density at radius 1 is 1.15 bits per heavy atom. The Hall–Kier alpha value is -3.56. The number of piperazine rings is 1. The van der Waals surface area contributed by atoms with Crippen LogP contribution < -0.4 is 5.43 Å². The Morgan fingerprint density at radius 2 is 1.85 bits per heavy atom. The minimum absolute atomic E-state index is 0.0946. The molecule has 0 bridgehead atoms. The van der Waals surface area contributed by atoms with Gasteiger partial charge in [0.2, 0.25) is 0 Å². The zero-order valence-electron chi connectivity index (χ0n) is 18.6. The predicted octanol–water partition coefficient (Wildman–Crippen LogP) is 2.62. The predicted molar refractivity (Wildman–Crippen MR) is 125 cm³/mol. The van der Waals surface area contributed by atoms with E-state index in [1.807, 2.05) is 54.3 Å². The highest BCUT2D eigenvalue weighted by Crippen LogP contribution is 2.21. The smallest absolute Gasteiger partial charge is 0.317 e. The van der Waals surface area contributed by atoms with Crippen LogP contribution >= 0.6 is 0 Å². The van der Waals surface area contributed by atoms with Crippen LogP contribution in [0.5, 0.6) is 0 Å². The van der Waals surface area contributed by atoms with Gasteiger partial charge >= 0.3 is 5.97 Å². The van der Waals surface area contributed by atoms with Crippen molar-refractivity contribution in [1.29, 1.82) is 0 Å². The van der Waals surface area contributed by atoms with Crippen LogP contribution in [0.15, 0.2) is 64.5 Å². The molecule has 9 nitrogen and oxygen atoms in total. The van der Waals surface area contributed by atoms with Crippen LogP contribution in [-0.4, -0.2) is 70.0 Å². The lowest BCUT2D eigenvalue weighted by molar-refractivity contribution is -0.138. The number of rotatable bonds is 9. The van der Waals surface area contributed by atoms with Gasteiger partial charge in [-0.15, -0.1) is 0 Å². The molecule has 1 atom stereocenters. The molecule has 3 aromatic rings. The zero-order chi connectivity index (χ0) is 23.0. The van der Waals surface area contributed by atoms with Crippen molar-refractivity contribution in [3.8, 4) is 11.3 Å². The molecule has 0 radical (unpaired) electrons. The van der Waals surface area contributed by atoms with Gasteiger partial charge in [-0.25, -0.2) is 0 Å². The largest absolute Gasteiger partial charge is 0.480 e. The van der Waals surface area contributed by atoms with Crippen LogP contribution in [0.1, 0.15) is 29.9 Å². The fourth-order valence-electron chi connectivity index (χ4n) is 3.73. The summed E-state index contributed by atoms with van der Waals surface area (Å²) < 4.78 is 5.54. The number of aromatic nitrogens is 2. The second-order valence-corrected chi connectivity index (χ2v) is 8.14. The van der Waals surface area contributed by atoms with Crippen LogP contribution in [0.25, 0.3) is 11.3 Å². The van der Waals surface area contributed by atoms with E-state index in [9.17, 15) is 4.79 Å². The molecular formula is C24H28N6O3. The van der Waals surface area contributed by atoms with Gasteiger partial charge in [-0.3, -0.25) is 19.6 Å². The molecule has 2 aromatic heterocycles. The molecule has 9 heteroatoms. The fourth-order valence-corrected chi connectivity index (χ4v) is 3.73. The van der Waals surface area contributed by atoms with Gasteiger partial charge in [0.15, 0.2) is 5.76 Å². The number of hydrogen-bond donors (Lipinski definition) is 2. The van der Waals surface area contributed by atoms with E-state index in [0.717, 1.165) is 54.3 Å². The molecule has 1 saturated heterocycles. The monoisotopic (exact) mass is 448 g/mol. The lowest BCUT2D eigenvalue weighted by atomic mass is 10.1. The molecule has 3 heterocycles. The van der Waals surface area contributed by atoms with Crippen LogP contribution in [0.2, 0.25) is 0 Å². The Labute approximate surface area is 192 Å². The van der Waals surface area contributed by atoms with Crippen molar-refractivity contribution in [3.05, 3.63) is 71.7 Å². The van der Waals surface area contributed by atoms with Crippen LogP contribution in [-0.2, 0) is 11.3 Å². The summed E-state index contributed by atoms with van der Waals surface area (Å²) in [6.45, 7) is 5.92. The molecule has 0 spiro atoms. The maximum atomic E-state index is 10.8. The molecule has 2 N–H and O–H groups in total. The average molecular weight is 449 g/mol.